The maximum Gasteiger partial charge on any atom is 0.410 e. The molecule has 4 N–H and O–H groups in total. The van der Waals surface area contributed by atoms with E-state index in [1.165, 1.54) is 13.8 Å². The fraction of sp³-hybridized carbons (Fsp3) is 0.800. The van der Waals surface area contributed by atoms with Crippen molar-refractivity contribution in [1.29, 1.82) is 0 Å². The molecule has 2 amide bonds. The molecule has 2 atom stereocenters. The van der Waals surface area contributed by atoms with Crippen LogP contribution in [0, 0.1) is 11.8 Å². The second kappa shape index (κ2) is 17.0. The minimum absolute atomic E-state index is 0.295. The number of nitrogens with one attached hydrogen (secondary N) is 4. The number of carbonyl (C=O) groups is 4. The number of amides is 2. The molecule has 0 saturated heterocycles. The zero-order valence-corrected chi connectivity index (χ0v) is 19.8. The van der Waals surface area contributed by atoms with Crippen molar-refractivity contribution in [1.82, 2.24) is 21.3 Å². The lowest BCUT2D eigenvalue weighted by molar-refractivity contribution is -0.169. The van der Waals surface area contributed by atoms with Gasteiger partial charge in [-0.2, -0.15) is 0 Å². The molecule has 0 aromatic rings. The van der Waals surface area contributed by atoms with Crippen molar-refractivity contribution in [3.05, 3.63) is 0 Å². The second-order valence-corrected chi connectivity index (χ2v) is 7.48. The largest absolute Gasteiger partial charge is 0.425 e. The van der Waals surface area contributed by atoms with E-state index in [1.54, 1.807) is 27.7 Å². The van der Waals surface area contributed by atoms with E-state index < -0.39 is 36.7 Å². The number of hydrogen-bond acceptors (Lipinski definition) is 10. The molecule has 0 radical (unpaired) electrons. The van der Waals surface area contributed by atoms with Crippen LogP contribution in [0.25, 0.3) is 0 Å². The highest BCUT2D eigenvalue weighted by Gasteiger charge is 2.17. The Morgan fingerprint density at radius 2 is 0.844 bits per heavy atom. The molecule has 12 heteroatoms. The minimum Gasteiger partial charge on any atom is -0.425 e. The van der Waals surface area contributed by atoms with Crippen molar-refractivity contribution in [2.24, 2.45) is 11.8 Å². The molecule has 0 heterocycles. The second-order valence-electron chi connectivity index (χ2n) is 7.48. The number of esters is 2. The molecule has 12 nitrogen and oxygen atoms in total. The molecule has 32 heavy (non-hydrogen) atoms. The number of hydrogen-bond donors (Lipinski definition) is 4. The summed E-state index contributed by atoms with van der Waals surface area (Å²) in [5, 5.41) is 11.3. The van der Waals surface area contributed by atoms with Crippen LogP contribution in [0.2, 0.25) is 0 Å². The Labute approximate surface area is 189 Å². The molecule has 2 unspecified atom stereocenters. The van der Waals surface area contributed by atoms with Crippen molar-refractivity contribution < 1.29 is 38.1 Å². The highest BCUT2D eigenvalue weighted by atomic mass is 16.7. The summed E-state index contributed by atoms with van der Waals surface area (Å²) in [6.07, 6.45) is -3.24. The summed E-state index contributed by atoms with van der Waals surface area (Å²) < 4.78 is 19.7. The highest BCUT2D eigenvalue weighted by molar-refractivity contribution is 5.72. The van der Waals surface area contributed by atoms with E-state index in [0.29, 0.717) is 39.3 Å². The van der Waals surface area contributed by atoms with E-state index in [1.807, 2.05) is 0 Å². The van der Waals surface area contributed by atoms with Gasteiger partial charge >= 0.3 is 24.1 Å². The molecule has 0 bridgehead atoms. The number of carbonyl (C=O) groups excluding carboxylic acids is 4. The topological polar surface area (TPSA) is 153 Å². The van der Waals surface area contributed by atoms with Gasteiger partial charge in [-0.1, -0.05) is 27.7 Å². The molecule has 186 valence electrons. The summed E-state index contributed by atoms with van der Waals surface area (Å²) in [5.74, 6) is -1.46. The maximum absolute atomic E-state index is 11.6. The van der Waals surface area contributed by atoms with Gasteiger partial charge in [0.05, 0.1) is 11.8 Å². The lowest BCUT2D eigenvalue weighted by atomic mass is 10.2. The first-order valence-electron chi connectivity index (χ1n) is 10.7. The SMILES string of the molecule is CC(OC(=O)NCCNCCNCCNC(=O)OC(C)OC(=O)C(C)C)OC(=O)C(C)C. The first-order valence-corrected chi connectivity index (χ1v) is 10.7. The third-order valence-corrected chi connectivity index (χ3v) is 3.67. The molecule has 0 aromatic carbocycles. The Kier molecular flexibility index (Phi) is 15.6. The smallest absolute Gasteiger partial charge is 0.410 e. The minimum atomic E-state index is -0.953. The summed E-state index contributed by atoms with van der Waals surface area (Å²) in [6.45, 7) is 12.7. The van der Waals surface area contributed by atoms with Crippen LogP contribution in [-0.4, -0.2) is 76.0 Å². The van der Waals surface area contributed by atoms with Crippen LogP contribution >= 0.6 is 0 Å². The van der Waals surface area contributed by atoms with Gasteiger partial charge in [-0.25, -0.2) is 9.59 Å². The van der Waals surface area contributed by atoms with Crippen LogP contribution in [0.1, 0.15) is 41.5 Å². The van der Waals surface area contributed by atoms with Crippen molar-refractivity contribution in [3.63, 3.8) is 0 Å². The molecular formula is C20H38N4O8. The van der Waals surface area contributed by atoms with Gasteiger partial charge in [0.1, 0.15) is 0 Å². The van der Waals surface area contributed by atoms with Gasteiger partial charge in [0.25, 0.3) is 0 Å². The van der Waals surface area contributed by atoms with E-state index in [4.69, 9.17) is 18.9 Å². The fourth-order valence-corrected chi connectivity index (χ4v) is 1.96. The van der Waals surface area contributed by atoms with Crippen LogP contribution in [0.5, 0.6) is 0 Å². The molecular weight excluding hydrogens is 424 g/mol. The molecule has 0 rings (SSSR count). The normalized spacial score (nSPS) is 12.6. The Balaban J connectivity index is 3.59. The Morgan fingerprint density at radius 3 is 1.16 bits per heavy atom. The number of alkyl carbamates (subject to hydrolysis) is 2. The Bertz CT molecular complexity index is 536. The summed E-state index contributed by atoms with van der Waals surface area (Å²) in [7, 11) is 0. The quantitative estimate of drug-likeness (QED) is 0.155. The van der Waals surface area contributed by atoms with Gasteiger partial charge < -0.3 is 40.2 Å². The monoisotopic (exact) mass is 462 g/mol. The van der Waals surface area contributed by atoms with E-state index in [0.717, 1.165) is 0 Å². The summed E-state index contributed by atoms with van der Waals surface area (Å²) in [6, 6.07) is 0. The predicted octanol–water partition coefficient (Wildman–Crippen LogP) is 0.708. The Hall–Kier alpha value is -2.60. The highest BCUT2D eigenvalue weighted by Crippen LogP contribution is 2.02. The number of rotatable bonds is 15. The van der Waals surface area contributed by atoms with Crippen LogP contribution in [-0.2, 0) is 28.5 Å². The van der Waals surface area contributed by atoms with Crippen molar-refractivity contribution in [2.75, 3.05) is 39.3 Å². The van der Waals surface area contributed by atoms with Crippen molar-refractivity contribution in [3.8, 4) is 0 Å². The van der Waals surface area contributed by atoms with Crippen LogP contribution in [0.4, 0.5) is 9.59 Å². The third kappa shape index (κ3) is 16.1. The van der Waals surface area contributed by atoms with E-state index in [9.17, 15) is 19.2 Å². The summed E-state index contributed by atoms with van der Waals surface area (Å²) in [4.78, 5) is 46.0. The zero-order valence-electron chi connectivity index (χ0n) is 19.8. The summed E-state index contributed by atoms with van der Waals surface area (Å²) in [5.41, 5.74) is 0. The van der Waals surface area contributed by atoms with Crippen LogP contribution in [0.3, 0.4) is 0 Å². The predicted molar refractivity (Wildman–Crippen MR) is 115 cm³/mol. The fourth-order valence-electron chi connectivity index (χ4n) is 1.96. The van der Waals surface area contributed by atoms with Gasteiger partial charge in [-0.15, -0.1) is 0 Å². The first kappa shape index (κ1) is 29.4. The van der Waals surface area contributed by atoms with Gasteiger partial charge in [0.2, 0.25) is 12.6 Å². The molecule has 0 aliphatic carbocycles. The molecule has 0 aliphatic heterocycles. The van der Waals surface area contributed by atoms with Crippen molar-refractivity contribution in [2.45, 2.75) is 54.1 Å². The average molecular weight is 463 g/mol. The lowest BCUT2D eigenvalue weighted by Gasteiger charge is -2.16. The molecule has 0 fully saturated rings. The van der Waals surface area contributed by atoms with Gasteiger partial charge in [0, 0.05) is 53.1 Å². The average Bonchev–Trinajstić information content (AvgIpc) is 2.68. The van der Waals surface area contributed by atoms with Crippen LogP contribution < -0.4 is 21.3 Å². The van der Waals surface area contributed by atoms with Gasteiger partial charge in [0.15, 0.2) is 0 Å². The molecule has 0 spiro atoms. The lowest BCUT2D eigenvalue weighted by Crippen LogP contribution is -2.38. The summed E-state index contributed by atoms with van der Waals surface area (Å²) >= 11 is 0. The molecule has 0 saturated carbocycles. The van der Waals surface area contributed by atoms with Crippen molar-refractivity contribution >= 4 is 24.1 Å². The van der Waals surface area contributed by atoms with Gasteiger partial charge in [-0.05, 0) is 0 Å². The van der Waals surface area contributed by atoms with E-state index in [2.05, 4.69) is 21.3 Å². The van der Waals surface area contributed by atoms with Crippen LogP contribution in [0.15, 0.2) is 0 Å². The van der Waals surface area contributed by atoms with E-state index in [-0.39, 0.29) is 11.8 Å². The third-order valence-electron chi connectivity index (χ3n) is 3.67. The van der Waals surface area contributed by atoms with E-state index >= 15 is 0 Å². The standard InChI is InChI=1S/C20H38N4O8/c1-13(2)17(25)29-15(5)31-19(27)23-11-9-21-7-8-22-10-12-24-20(28)32-16(6)30-18(26)14(3)4/h13-16,21-22H,7-12H2,1-6H3,(H,23,27)(H,24,28). The number of ether oxygens (including phenoxy) is 4. The molecule has 0 aliphatic rings. The zero-order chi connectivity index (χ0) is 24.5. The van der Waals surface area contributed by atoms with Gasteiger partial charge in [-0.3, -0.25) is 9.59 Å². The Morgan fingerprint density at radius 1 is 0.531 bits per heavy atom. The molecule has 0 aromatic heterocycles. The maximum atomic E-state index is 11.6. The first-order chi connectivity index (χ1) is 15.0.